The highest BCUT2D eigenvalue weighted by atomic mass is 15.2. The summed E-state index contributed by atoms with van der Waals surface area (Å²) in [4.78, 5) is 5.02. The van der Waals surface area contributed by atoms with E-state index in [2.05, 4.69) is 50.0 Å². The SMILES string of the molecule is CCCNC1CCCCC1CN(CCN(C)C)CC(C)C. The second kappa shape index (κ2) is 10.6. The lowest BCUT2D eigenvalue weighted by molar-refractivity contribution is 0.147. The Morgan fingerprint density at radius 3 is 2.43 bits per heavy atom. The highest BCUT2D eigenvalue weighted by molar-refractivity contribution is 4.83. The maximum Gasteiger partial charge on any atom is 0.0109 e. The molecule has 0 aliphatic heterocycles. The molecule has 1 aliphatic carbocycles. The van der Waals surface area contributed by atoms with Crippen LogP contribution in [0.25, 0.3) is 0 Å². The molecule has 1 saturated carbocycles. The fourth-order valence-electron chi connectivity index (χ4n) is 3.47. The molecule has 0 saturated heterocycles. The Labute approximate surface area is 133 Å². The molecule has 0 spiro atoms. The molecule has 2 atom stereocenters. The van der Waals surface area contributed by atoms with Crippen molar-refractivity contribution in [1.29, 1.82) is 0 Å². The second-order valence-electron chi connectivity index (χ2n) is 7.56. The van der Waals surface area contributed by atoms with E-state index in [1.807, 2.05) is 0 Å². The molecule has 1 fully saturated rings. The second-order valence-corrected chi connectivity index (χ2v) is 7.56. The lowest BCUT2D eigenvalue weighted by atomic mass is 9.84. The first kappa shape index (κ1) is 18.9. The summed E-state index contributed by atoms with van der Waals surface area (Å²) < 4.78 is 0. The predicted octanol–water partition coefficient (Wildman–Crippen LogP) is 3.06. The molecule has 0 heterocycles. The monoisotopic (exact) mass is 297 g/mol. The number of likely N-dealkylation sites (N-methyl/N-ethyl adjacent to an activating group) is 1. The summed E-state index contributed by atoms with van der Waals surface area (Å²) in [6, 6.07) is 0.757. The van der Waals surface area contributed by atoms with Crippen molar-refractivity contribution in [2.45, 2.75) is 58.9 Å². The van der Waals surface area contributed by atoms with Crippen LogP contribution in [-0.4, -0.2) is 62.7 Å². The van der Waals surface area contributed by atoms with Gasteiger partial charge in [0.25, 0.3) is 0 Å². The van der Waals surface area contributed by atoms with Crippen LogP contribution in [0.1, 0.15) is 52.9 Å². The van der Waals surface area contributed by atoms with Gasteiger partial charge in [-0.1, -0.05) is 33.6 Å². The maximum atomic E-state index is 3.81. The molecule has 126 valence electrons. The highest BCUT2D eigenvalue weighted by Crippen LogP contribution is 2.25. The lowest BCUT2D eigenvalue weighted by Gasteiger charge is -2.37. The zero-order valence-corrected chi connectivity index (χ0v) is 15.2. The normalized spacial score (nSPS) is 23.4. The van der Waals surface area contributed by atoms with Crippen LogP contribution in [-0.2, 0) is 0 Å². The van der Waals surface area contributed by atoms with Gasteiger partial charge in [-0.3, -0.25) is 0 Å². The summed E-state index contributed by atoms with van der Waals surface area (Å²) in [6.45, 7) is 13.1. The zero-order valence-electron chi connectivity index (χ0n) is 15.2. The Hall–Kier alpha value is -0.120. The zero-order chi connectivity index (χ0) is 15.7. The third kappa shape index (κ3) is 8.18. The molecule has 0 aromatic heterocycles. The molecule has 3 nitrogen and oxygen atoms in total. The minimum atomic E-state index is 0.757. The van der Waals surface area contributed by atoms with Gasteiger partial charge < -0.3 is 15.1 Å². The van der Waals surface area contributed by atoms with Crippen molar-refractivity contribution in [2.75, 3.05) is 46.8 Å². The molecule has 0 amide bonds. The average molecular weight is 298 g/mol. The topological polar surface area (TPSA) is 18.5 Å². The Morgan fingerprint density at radius 2 is 1.81 bits per heavy atom. The van der Waals surface area contributed by atoms with E-state index in [0.717, 1.165) is 17.9 Å². The number of hydrogen-bond acceptors (Lipinski definition) is 3. The van der Waals surface area contributed by atoms with E-state index in [4.69, 9.17) is 0 Å². The summed E-state index contributed by atoms with van der Waals surface area (Å²) >= 11 is 0. The minimum absolute atomic E-state index is 0.757. The highest BCUT2D eigenvalue weighted by Gasteiger charge is 2.26. The third-order valence-electron chi connectivity index (χ3n) is 4.55. The third-order valence-corrected chi connectivity index (χ3v) is 4.55. The number of rotatable bonds is 10. The molecule has 0 bridgehead atoms. The Balaban J connectivity index is 2.51. The van der Waals surface area contributed by atoms with E-state index < -0.39 is 0 Å². The molecule has 1 N–H and O–H groups in total. The largest absolute Gasteiger partial charge is 0.314 e. The van der Waals surface area contributed by atoms with Crippen molar-refractivity contribution in [3.8, 4) is 0 Å². The maximum absolute atomic E-state index is 3.81. The van der Waals surface area contributed by atoms with Crippen molar-refractivity contribution < 1.29 is 0 Å². The van der Waals surface area contributed by atoms with E-state index in [0.29, 0.717) is 0 Å². The van der Waals surface area contributed by atoms with Gasteiger partial charge in [-0.2, -0.15) is 0 Å². The van der Waals surface area contributed by atoms with Crippen molar-refractivity contribution >= 4 is 0 Å². The molecule has 1 rings (SSSR count). The predicted molar refractivity (Wildman–Crippen MR) is 93.9 cm³/mol. The molecule has 0 aromatic rings. The van der Waals surface area contributed by atoms with Gasteiger partial charge in [-0.05, 0) is 51.7 Å². The molecule has 0 radical (unpaired) electrons. The average Bonchev–Trinajstić information content (AvgIpc) is 2.43. The smallest absolute Gasteiger partial charge is 0.0109 e. The fraction of sp³-hybridized carbons (Fsp3) is 1.00. The summed E-state index contributed by atoms with van der Waals surface area (Å²) in [5.41, 5.74) is 0. The Kier molecular flexibility index (Phi) is 9.54. The van der Waals surface area contributed by atoms with Crippen LogP contribution in [0.5, 0.6) is 0 Å². The number of hydrogen-bond donors (Lipinski definition) is 1. The van der Waals surface area contributed by atoms with Crippen LogP contribution >= 0.6 is 0 Å². The summed E-state index contributed by atoms with van der Waals surface area (Å²) in [5, 5.41) is 3.81. The van der Waals surface area contributed by atoms with Gasteiger partial charge in [0.1, 0.15) is 0 Å². The van der Waals surface area contributed by atoms with Crippen molar-refractivity contribution in [3.05, 3.63) is 0 Å². The van der Waals surface area contributed by atoms with Crippen LogP contribution < -0.4 is 5.32 Å². The fourth-order valence-corrected chi connectivity index (χ4v) is 3.47. The van der Waals surface area contributed by atoms with Crippen molar-refractivity contribution in [3.63, 3.8) is 0 Å². The van der Waals surface area contributed by atoms with Crippen LogP contribution in [0, 0.1) is 11.8 Å². The van der Waals surface area contributed by atoms with Crippen LogP contribution in [0.4, 0.5) is 0 Å². The van der Waals surface area contributed by atoms with Gasteiger partial charge in [-0.25, -0.2) is 0 Å². The van der Waals surface area contributed by atoms with Crippen LogP contribution in [0.2, 0.25) is 0 Å². The van der Waals surface area contributed by atoms with Crippen molar-refractivity contribution in [1.82, 2.24) is 15.1 Å². The number of nitrogens with one attached hydrogen (secondary N) is 1. The van der Waals surface area contributed by atoms with Crippen LogP contribution in [0.15, 0.2) is 0 Å². The van der Waals surface area contributed by atoms with E-state index >= 15 is 0 Å². The van der Waals surface area contributed by atoms with Gasteiger partial charge in [0.15, 0.2) is 0 Å². The van der Waals surface area contributed by atoms with E-state index in [-0.39, 0.29) is 0 Å². The molecule has 3 heteroatoms. The van der Waals surface area contributed by atoms with Gasteiger partial charge in [0, 0.05) is 32.2 Å². The Morgan fingerprint density at radius 1 is 1.10 bits per heavy atom. The van der Waals surface area contributed by atoms with Gasteiger partial charge in [-0.15, -0.1) is 0 Å². The van der Waals surface area contributed by atoms with Gasteiger partial charge >= 0.3 is 0 Å². The lowest BCUT2D eigenvalue weighted by Crippen LogP contribution is -2.46. The van der Waals surface area contributed by atoms with E-state index in [1.165, 1.54) is 64.8 Å². The van der Waals surface area contributed by atoms with Crippen molar-refractivity contribution in [2.24, 2.45) is 11.8 Å². The molecule has 2 unspecified atom stereocenters. The first-order valence-electron chi connectivity index (χ1n) is 9.13. The van der Waals surface area contributed by atoms with E-state index in [1.54, 1.807) is 0 Å². The minimum Gasteiger partial charge on any atom is -0.314 e. The molecular formula is C18H39N3. The first-order valence-corrected chi connectivity index (χ1v) is 9.13. The summed E-state index contributed by atoms with van der Waals surface area (Å²) in [7, 11) is 4.36. The Bertz CT molecular complexity index is 253. The van der Waals surface area contributed by atoms with Crippen LogP contribution in [0.3, 0.4) is 0 Å². The first-order chi connectivity index (χ1) is 10.0. The quantitative estimate of drug-likeness (QED) is 0.668. The summed E-state index contributed by atoms with van der Waals surface area (Å²) in [6.07, 6.45) is 6.89. The molecule has 21 heavy (non-hydrogen) atoms. The summed E-state index contributed by atoms with van der Waals surface area (Å²) in [5.74, 6) is 1.61. The molecular weight excluding hydrogens is 258 g/mol. The number of nitrogens with zero attached hydrogens (tertiary/aromatic N) is 2. The molecule has 0 aromatic carbocycles. The van der Waals surface area contributed by atoms with Gasteiger partial charge in [0.05, 0.1) is 0 Å². The molecule has 1 aliphatic rings. The van der Waals surface area contributed by atoms with Gasteiger partial charge in [0.2, 0.25) is 0 Å². The van der Waals surface area contributed by atoms with E-state index in [9.17, 15) is 0 Å². The standard InChI is InChI=1S/C18H39N3/c1-6-11-19-18-10-8-7-9-17(18)15-21(14-16(2)3)13-12-20(4)5/h16-19H,6-15H2,1-5H3.